The molecule has 2 aromatic rings. The number of nitrogens with zero attached hydrogens (tertiary/aromatic N) is 2. The highest BCUT2D eigenvalue weighted by molar-refractivity contribution is 9.10. The fraction of sp³-hybridized carbons (Fsp3) is 0.357. The van der Waals surface area contributed by atoms with Gasteiger partial charge in [0, 0.05) is 30.0 Å². The molecule has 18 heavy (non-hydrogen) atoms. The number of aryl methyl sites for hydroxylation is 1. The molecule has 2 rings (SSSR count). The maximum atomic E-state index is 12.4. The van der Waals surface area contributed by atoms with E-state index in [2.05, 4.69) is 15.9 Å². The van der Waals surface area contributed by atoms with Crippen LogP contribution >= 0.6 is 15.9 Å². The van der Waals surface area contributed by atoms with Crippen molar-refractivity contribution in [3.05, 3.63) is 34.4 Å². The number of carbonyl (C=O) groups is 1. The van der Waals surface area contributed by atoms with Crippen molar-refractivity contribution in [3.8, 4) is 0 Å². The van der Waals surface area contributed by atoms with Gasteiger partial charge >= 0.3 is 0 Å². The van der Waals surface area contributed by atoms with Crippen LogP contribution in [0.15, 0.2) is 28.7 Å². The molecule has 0 fully saturated rings. The van der Waals surface area contributed by atoms with Crippen molar-refractivity contribution in [2.24, 2.45) is 7.05 Å². The average molecular weight is 309 g/mol. The molecule has 1 heterocycles. The van der Waals surface area contributed by atoms with Gasteiger partial charge in [0.05, 0.1) is 5.52 Å². The van der Waals surface area contributed by atoms with Gasteiger partial charge in [0.1, 0.15) is 5.69 Å². The molecule has 0 aliphatic heterocycles. The number of fused-ring (bicyclic) bond motifs is 1. The monoisotopic (exact) mass is 308 g/mol. The Balaban J connectivity index is 2.56. The predicted molar refractivity (Wildman–Crippen MR) is 77.9 cm³/mol. The largest absolute Gasteiger partial charge is 0.339 e. The summed E-state index contributed by atoms with van der Waals surface area (Å²) in [6, 6.07) is 7.96. The van der Waals surface area contributed by atoms with Crippen LogP contribution in [0.3, 0.4) is 0 Å². The minimum atomic E-state index is 0.0885. The fourth-order valence-corrected chi connectivity index (χ4v) is 2.89. The first kappa shape index (κ1) is 13.1. The van der Waals surface area contributed by atoms with E-state index in [1.54, 1.807) is 0 Å². The van der Waals surface area contributed by atoms with Gasteiger partial charge < -0.3 is 9.47 Å². The Hall–Kier alpha value is -1.29. The normalized spacial score (nSPS) is 10.9. The molecule has 0 aliphatic rings. The van der Waals surface area contributed by atoms with Crippen molar-refractivity contribution in [3.63, 3.8) is 0 Å². The second kappa shape index (κ2) is 5.14. The average Bonchev–Trinajstić information content (AvgIpc) is 2.69. The van der Waals surface area contributed by atoms with Crippen LogP contribution < -0.4 is 0 Å². The molecule has 1 aromatic carbocycles. The molecule has 1 aromatic heterocycles. The van der Waals surface area contributed by atoms with Gasteiger partial charge in [-0.3, -0.25) is 4.79 Å². The van der Waals surface area contributed by atoms with Gasteiger partial charge in [-0.25, -0.2) is 0 Å². The third kappa shape index (κ3) is 2.05. The molecule has 0 saturated heterocycles. The maximum absolute atomic E-state index is 12.4. The summed E-state index contributed by atoms with van der Waals surface area (Å²) in [6.07, 6.45) is 0. The highest BCUT2D eigenvalue weighted by atomic mass is 79.9. The van der Waals surface area contributed by atoms with E-state index in [1.807, 2.05) is 54.6 Å². The van der Waals surface area contributed by atoms with Crippen molar-refractivity contribution in [2.75, 3.05) is 13.1 Å². The van der Waals surface area contributed by atoms with Crippen molar-refractivity contribution in [1.29, 1.82) is 0 Å². The highest BCUT2D eigenvalue weighted by Gasteiger charge is 2.18. The summed E-state index contributed by atoms with van der Waals surface area (Å²) in [6.45, 7) is 5.47. The van der Waals surface area contributed by atoms with E-state index in [9.17, 15) is 4.79 Å². The van der Waals surface area contributed by atoms with Crippen molar-refractivity contribution in [1.82, 2.24) is 9.47 Å². The molecule has 0 N–H and O–H groups in total. The summed E-state index contributed by atoms with van der Waals surface area (Å²) in [5, 5.41) is 1.09. The summed E-state index contributed by atoms with van der Waals surface area (Å²) in [4.78, 5) is 14.2. The molecule has 1 amide bonds. The maximum Gasteiger partial charge on any atom is 0.270 e. The smallest absolute Gasteiger partial charge is 0.270 e. The zero-order chi connectivity index (χ0) is 13.3. The van der Waals surface area contributed by atoms with Gasteiger partial charge in [0.25, 0.3) is 5.91 Å². The Kier molecular flexibility index (Phi) is 3.76. The number of benzene rings is 1. The number of carbonyl (C=O) groups excluding carboxylic acids is 1. The minimum Gasteiger partial charge on any atom is -0.339 e. The Labute approximate surface area is 116 Å². The standard InChI is InChI=1S/C14H17BrN2O/c1-4-17(5-2)14(18)12-9-10-7-6-8-11(15)13(10)16(12)3/h6-9H,4-5H2,1-3H3. The molecular formula is C14H17BrN2O. The van der Waals surface area contributed by atoms with Crippen LogP contribution in [0.2, 0.25) is 0 Å². The summed E-state index contributed by atoms with van der Waals surface area (Å²) in [5.41, 5.74) is 1.80. The summed E-state index contributed by atoms with van der Waals surface area (Å²) in [5.74, 6) is 0.0885. The Morgan fingerprint density at radius 1 is 1.33 bits per heavy atom. The van der Waals surface area contributed by atoms with E-state index in [4.69, 9.17) is 0 Å². The van der Waals surface area contributed by atoms with E-state index >= 15 is 0 Å². The third-order valence-corrected chi connectivity index (χ3v) is 3.92. The molecule has 4 heteroatoms. The van der Waals surface area contributed by atoms with Crippen LogP contribution in [0.4, 0.5) is 0 Å². The van der Waals surface area contributed by atoms with Gasteiger partial charge in [-0.15, -0.1) is 0 Å². The fourth-order valence-electron chi connectivity index (χ4n) is 2.24. The van der Waals surface area contributed by atoms with Gasteiger partial charge in [-0.2, -0.15) is 0 Å². The van der Waals surface area contributed by atoms with E-state index in [-0.39, 0.29) is 5.91 Å². The number of para-hydroxylation sites is 1. The molecule has 0 atom stereocenters. The minimum absolute atomic E-state index is 0.0885. The van der Waals surface area contributed by atoms with Crippen molar-refractivity contribution >= 4 is 32.7 Å². The molecule has 0 radical (unpaired) electrons. The van der Waals surface area contributed by atoms with E-state index in [0.717, 1.165) is 34.2 Å². The van der Waals surface area contributed by atoms with Gasteiger partial charge in [-0.1, -0.05) is 12.1 Å². The second-order valence-electron chi connectivity index (χ2n) is 4.24. The zero-order valence-electron chi connectivity index (χ0n) is 10.9. The quantitative estimate of drug-likeness (QED) is 0.853. The molecule has 0 bridgehead atoms. The summed E-state index contributed by atoms with van der Waals surface area (Å²) in [7, 11) is 1.93. The van der Waals surface area contributed by atoms with Crippen molar-refractivity contribution in [2.45, 2.75) is 13.8 Å². The van der Waals surface area contributed by atoms with Crippen LogP contribution in [0.25, 0.3) is 10.9 Å². The number of hydrogen-bond donors (Lipinski definition) is 0. The predicted octanol–water partition coefficient (Wildman–Crippen LogP) is 3.42. The van der Waals surface area contributed by atoms with Crippen LogP contribution in [0.1, 0.15) is 24.3 Å². The molecule has 96 valence electrons. The molecular weight excluding hydrogens is 292 g/mol. The highest BCUT2D eigenvalue weighted by Crippen LogP contribution is 2.27. The lowest BCUT2D eigenvalue weighted by Gasteiger charge is -2.18. The Bertz CT molecular complexity index is 585. The third-order valence-electron chi connectivity index (χ3n) is 3.28. The van der Waals surface area contributed by atoms with Crippen LogP contribution in [-0.4, -0.2) is 28.5 Å². The lowest BCUT2D eigenvalue weighted by atomic mass is 10.2. The molecule has 0 spiro atoms. The Morgan fingerprint density at radius 2 is 2.00 bits per heavy atom. The lowest BCUT2D eigenvalue weighted by molar-refractivity contribution is 0.0764. The summed E-state index contributed by atoms with van der Waals surface area (Å²) < 4.78 is 2.97. The molecule has 0 saturated carbocycles. The first-order valence-electron chi connectivity index (χ1n) is 6.13. The van der Waals surface area contributed by atoms with Crippen LogP contribution in [0, 0.1) is 0 Å². The first-order valence-corrected chi connectivity index (χ1v) is 6.92. The first-order chi connectivity index (χ1) is 8.60. The van der Waals surface area contributed by atoms with E-state index < -0.39 is 0 Å². The van der Waals surface area contributed by atoms with E-state index in [0.29, 0.717) is 0 Å². The lowest BCUT2D eigenvalue weighted by Crippen LogP contribution is -2.31. The molecule has 0 unspecified atom stereocenters. The number of aromatic nitrogens is 1. The number of rotatable bonds is 3. The number of hydrogen-bond acceptors (Lipinski definition) is 1. The van der Waals surface area contributed by atoms with Gasteiger partial charge in [0.2, 0.25) is 0 Å². The second-order valence-corrected chi connectivity index (χ2v) is 5.10. The number of halogens is 1. The van der Waals surface area contributed by atoms with Gasteiger partial charge in [0.15, 0.2) is 0 Å². The zero-order valence-corrected chi connectivity index (χ0v) is 12.5. The Morgan fingerprint density at radius 3 is 2.56 bits per heavy atom. The van der Waals surface area contributed by atoms with Crippen LogP contribution in [0.5, 0.6) is 0 Å². The topological polar surface area (TPSA) is 25.2 Å². The molecule has 0 aliphatic carbocycles. The molecule has 3 nitrogen and oxygen atoms in total. The van der Waals surface area contributed by atoms with Crippen LogP contribution in [-0.2, 0) is 7.05 Å². The van der Waals surface area contributed by atoms with E-state index in [1.165, 1.54) is 0 Å². The SMILES string of the molecule is CCN(CC)C(=O)c1cc2cccc(Br)c2n1C. The van der Waals surface area contributed by atoms with Gasteiger partial charge in [-0.05, 0) is 41.9 Å². The van der Waals surface area contributed by atoms with Crippen molar-refractivity contribution < 1.29 is 4.79 Å². The number of amides is 1. The summed E-state index contributed by atoms with van der Waals surface area (Å²) >= 11 is 3.54.